The summed E-state index contributed by atoms with van der Waals surface area (Å²) in [6, 6.07) is 9.50. The minimum absolute atomic E-state index is 0.00649. The Morgan fingerprint density at radius 1 is 1.00 bits per heavy atom. The predicted octanol–water partition coefficient (Wildman–Crippen LogP) is 1.89. The summed E-state index contributed by atoms with van der Waals surface area (Å²) < 4.78 is 10.4. The predicted molar refractivity (Wildman–Crippen MR) is 92.0 cm³/mol. The van der Waals surface area contributed by atoms with E-state index in [0.29, 0.717) is 31.0 Å². The number of carbonyl (C=O) groups excluding carboxylic acids is 1. The van der Waals surface area contributed by atoms with E-state index in [4.69, 9.17) is 9.47 Å². The second kappa shape index (κ2) is 9.52. The molecule has 0 bridgehead atoms. The van der Waals surface area contributed by atoms with Crippen LogP contribution in [0.25, 0.3) is 0 Å². The average molecular weight is 329 g/mol. The molecule has 2 rings (SSSR count). The molecule has 1 heterocycles. The van der Waals surface area contributed by atoms with Gasteiger partial charge in [0.15, 0.2) is 11.5 Å². The second-order valence-corrected chi connectivity index (χ2v) is 5.25. The molecule has 0 aliphatic rings. The van der Waals surface area contributed by atoms with Crippen LogP contribution in [0.3, 0.4) is 0 Å². The number of nitrogens with one attached hydrogen (secondary N) is 2. The number of hydrogen-bond donors (Lipinski definition) is 2. The van der Waals surface area contributed by atoms with Crippen LogP contribution < -0.4 is 20.1 Å². The summed E-state index contributed by atoms with van der Waals surface area (Å²) in [6.45, 7) is 1.81. The van der Waals surface area contributed by atoms with Gasteiger partial charge in [-0.05, 0) is 35.4 Å². The van der Waals surface area contributed by atoms with Gasteiger partial charge < -0.3 is 20.1 Å². The van der Waals surface area contributed by atoms with Gasteiger partial charge in [-0.25, -0.2) is 0 Å². The van der Waals surface area contributed by atoms with E-state index in [1.807, 2.05) is 30.3 Å². The van der Waals surface area contributed by atoms with E-state index < -0.39 is 0 Å². The summed E-state index contributed by atoms with van der Waals surface area (Å²) in [4.78, 5) is 15.9. The van der Waals surface area contributed by atoms with Gasteiger partial charge >= 0.3 is 0 Å². The van der Waals surface area contributed by atoms with Crippen LogP contribution in [0.5, 0.6) is 11.5 Å². The lowest BCUT2D eigenvalue weighted by Gasteiger charge is -2.10. The SMILES string of the molecule is COc1ccc(CNC(=O)CCNCc2ccncc2)cc1OC. The van der Waals surface area contributed by atoms with Crippen LogP contribution >= 0.6 is 0 Å². The molecule has 2 aromatic rings. The fourth-order valence-corrected chi connectivity index (χ4v) is 2.21. The lowest BCUT2D eigenvalue weighted by molar-refractivity contribution is -0.121. The Hall–Kier alpha value is -2.60. The minimum atomic E-state index is 0.00649. The van der Waals surface area contributed by atoms with Crippen LogP contribution in [0.4, 0.5) is 0 Å². The summed E-state index contributed by atoms with van der Waals surface area (Å²) in [5, 5.41) is 6.14. The third-order valence-corrected chi connectivity index (χ3v) is 3.54. The van der Waals surface area contributed by atoms with Crippen molar-refractivity contribution in [1.29, 1.82) is 0 Å². The van der Waals surface area contributed by atoms with E-state index in [1.165, 1.54) is 0 Å². The van der Waals surface area contributed by atoms with E-state index in [-0.39, 0.29) is 5.91 Å². The van der Waals surface area contributed by atoms with Crippen molar-refractivity contribution in [3.05, 3.63) is 53.9 Å². The normalized spacial score (nSPS) is 10.2. The van der Waals surface area contributed by atoms with Crippen molar-refractivity contribution in [1.82, 2.24) is 15.6 Å². The first kappa shape index (κ1) is 17.7. The van der Waals surface area contributed by atoms with Crippen molar-refractivity contribution in [3.63, 3.8) is 0 Å². The summed E-state index contributed by atoms with van der Waals surface area (Å²) in [5.41, 5.74) is 2.11. The van der Waals surface area contributed by atoms with Crippen molar-refractivity contribution < 1.29 is 14.3 Å². The topological polar surface area (TPSA) is 72.5 Å². The Morgan fingerprint density at radius 3 is 2.46 bits per heavy atom. The lowest BCUT2D eigenvalue weighted by atomic mass is 10.2. The number of nitrogens with zero attached hydrogens (tertiary/aromatic N) is 1. The Morgan fingerprint density at radius 2 is 1.75 bits per heavy atom. The molecule has 1 aromatic heterocycles. The van der Waals surface area contributed by atoms with Crippen LogP contribution in [0.15, 0.2) is 42.7 Å². The number of carbonyl (C=O) groups is 1. The first-order valence-corrected chi connectivity index (χ1v) is 7.80. The van der Waals surface area contributed by atoms with Gasteiger partial charge in [0.2, 0.25) is 5.91 Å². The quantitative estimate of drug-likeness (QED) is 0.688. The molecule has 128 valence electrons. The van der Waals surface area contributed by atoms with Gasteiger partial charge in [0.1, 0.15) is 0 Å². The third-order valence-electron chi connectivity index (χ3n) is 3.54. The average Bonchev–Trinajstić information content (AvgIpc) is 2.64. The molecule has 0 aliphatic carbocycles. The molecule has 0 aliphatic heterocycles. The fourth-order valence-electron chi connectivity index (χ4n) is 2.21. The van der Waals surface area contributed by atoms with E-state index in [0.717, 1.165) is 17.7 Å². The summed E-state index contributed by atoms with van der Waals surface area (Å²) in [7, 11) is 3.19. The van der Waals surface area contributed by atoms with Crippen molar-refractivity contribution in [2.75, 3.05) is 20.8 Å². The van der Waals surface area contributed by atoms with Crippen LogP contribution in [-0.4, -0.2) is 31.7 Å². The summed E-state index contributed by atoms with van der Waals surface area (Å²) in [5.74, 6) is 1.34. The van der Waals surface area contributed by atoms with Crippen LogP contribution in [0, 0.1) is 0 Å². The molecule has 0 fully saturated rings. The molecule has 0 spiro atoms. The molecule has 1 aromatic carbocycles. The number of benzene rings is 1. The van der Waals surface area contributed by atoms with Gasteiger partial charge in [-0.1, -0.05) is 6.07 Å². The maximum absolute atomic E-state index is 11.9. The number of amides is 1. The van der Waals surface area contributed by atoms with Crippen LogP contribution in [0.2, 0.25) is 0 Å². The number of pyridine rings is 1. The zero-order valence-electron chi connectivity index (χ0n) is 14.0. The van der Waals surface area contributed by atoms with Crippen molar-refractivity contribution in [2.45, 2.75) is 19.5 Å². The molecular weight excluding hydrogens is 306 g/mol. The molecule has 0 radical (unpaired) electrons. The smallest absolute Gasteiger partial charge is 0.221 e. The monoisotopic (exact) mass is 329 g/mol. The van der Waals surface area contributed by atoms with Gasteiger partial charge in [-0.2, -0.15) is 0 Å². The number of ether oxygens (including phenoxy) is 2. The third kappa shape index (κ3) is 5.55. The molecule has 0 saturated carbocycles. The van der Waals surface area contributed by atoms with Crippen LogP contribution in [-0.2, 0) is 17.9 Å². The molecule has 0 unspecified atom stereocenters. The second-order valence-electron chi connectivity index (χ2n) is 5.25. The van der Waals surface area contributed by atoms with E-state index in [9.17, 15) is 4.79 Å². The van der Waals surface area contributed by atoms with Crippen LogP contribution in [0.1, 0.15) is 17.5 Å². The van der Waals surface area contributed by atoms with Gasteiger partial charge in [0.25, 0.3) is 0 Å². The summed E-state index contributed by atoms with van der Waals surface area (Å²) in [6.07, 6.45) is 3.94. The van der Waals surface area contributed by atoms with Gasteiger partial charge in [-0.15, -0.1) is 0 Å². The minimum Gasteiger partial charge on any atom is -0.493 e. The molecule has 0 saturated heterocycles. The largest absolute Gasteiger partial charge is 0.493 e. The van der Waals surface area contributed by atoms with Crippen molar-refractivity contribution in [3.8, 4) is 11.5 Å². The number of methoxy groups -OCH3 is 2. The maximum Gasteiger partial charge on any atom is 0.221 e. The van der Waals surface area contributed by atoms with E-state index >= 15 is 0 Å². The van der Waals surface area contributed by atoms with Gasteiger partial charge in [0.05, 0.1) is 14.2 Å². The molecule has 0 atom stereocenters. The standard InChI is InChI=1S/C18H23N3O3/c1-23-16-4-3-15(11-17(16)24-2)13-21-18(22)7-10-20-12-14-5-8-19-9-6-14/h3-6,8-9,11,20H,7,10,12-13H2,1-2H3,(H,21,22). The maximum atomic E-state index is 11.9. The molecule has 6 nitrogen and oxygen atoms in total. The van der Waals surface area contributed by atoms with E-state index in [2.05, 4.69) is 15.6 Å². The number of aromatic nitrogens is 1. The Balaban J connectivity index is 1.69. The van der Waals surface area contributed by atoms with Crippen molar-refractivity contribution in [2.24, 2.45) is 0 Å². The Kier molecular flexibility index (Phi) is 7.04. The molecule has 6 heteroatoms. The zero-order valence-corrected chi connectivity index (χ0v) is 14.0. The molecule has 2 N–H and O–H groups in total. The van der Waals surface area contributed by atoms with Gasteiger partial charge in [0, 0.05) is 38.4 Å². The Labute approximate surface area is 142 Å². The molecular formula is C18H23N3O3. The summed E-state index contributed by atoms with van der Waals surface area (Å²) >= 11 is 0. The molecule has 24 heavy (non-hydrogen) atoms. The number of rotatable bonds is 9. The highest BCUT2D eigenvalue weighted by Gasteiger charge is 2.06. The first-order valence-electron chi connectivity index (χ1n) is 7.80. The highest BCUT2D eigenvalue weighted by Crippen LogP contribution is 2.27. The zero-order chi connectivity index (χ0) is 17.2. The highest BCUT2D eigenvalue weighted by molar-refractivity contribution is 5.76. The van der Waals surface area contributed by atoms with Crippen molar-refractivity contribution >= 4 is 5.91 Å². The molecule has 1 amide bonds. The van der Waals surface area contributed by atoms with Gasteiger partial charge in [-0.3, -0.25) is 9.78 Å². The van der Waals surface area contributed by atoms with E-state index in [1.54, 1.807) is 26.6 Å². The highest BCUT2D eigenvalue weighted by atomic mass is 16.5. The lowest BCUT2D eigenvalue weighted by Crippen LogP contribution is -2.27. The number of hydrogen-bond acceptors (Lipinski definition) is 5. The Bertz CT molecular complexity index is 647. The first-order chi connectivity index (χ1) is 11.7. The fraction of sp³-hybridized carbons (Fsp3) is 0.333.